The highest BCUT2D eigenvalue weighted by Crippen LogP contribution is 2.38. The molecule has 0 aromatic heterocycles. The second kappa shape index (κ2) is 11.2. The van der Waals surface area contributed by atoms with Crippen molar-refractivity contribution in [2.24, 2.45) is 0 Å². The topological polar surface area (TPSA) is 54.0 Å². The van der Waals surface area contributed by atoms with Crippen molar-refractivity contribution in [3.63, 3.8) is 0 Å². The van der Waals surface area contributed by atoms with Crippen LogP contribution in [0.2, 0.25) is 0 Å². The molecular formula is C28H30O5S. The minimum absolute atomic E-state index is 0.260. The van der Waals surface area contributed by atoms with Crippen LogP contribution in [0.5, 0.6) is 0 Å². The monoisotopic (exact) mass is 478 g/mol. The van der Waals surface area contributed by atoms with E-state index in [1.807, 2.05) is 80.6 Å². The van der Waals surface area contributed by atoms with Gasteiger partial charge < -0.3 is 18.9 Å². The first kappa shape index (κ1) is 24.5. The number of ether oxygens (including phenoxy) is 4. The molecule has 0 bridgehead atoms. The van der Waals surface area contributed by atoms with Gasteiger partial charge in [-0.05, 0) is 37.1 Å². The standard InChI is InChI=1S/C28H30O5S/c1-20(29)31-27(34-23-17-11-6-12-18-23)26-24(32-28(2,3)33-26)19-30-25(21-13-7-4-8-14-21)22-15-9-5-10-16-22/h4-18,24-27H,19H2,1-3H3/t24-,26-,27?/m1/s1. The number of carbonyl (C=O) groups excluding carboxylic acids is 1. The normalized spacial score (nSPS) is 20.2. The molecule has 178 valence electrons. The lowest BCUT2D eigenvalue weighted by Crippen LogP contribution is -2.39. The third kappa shape index (κ3) is 6.48. The van der Waals surface area contributed by atoms with E-state index in [2.05, 4.69) is 24.3 Å². The number of thioether (sulfide) groups is 1. The van der Waals surface area contributed by atoms with Crippen molar-refractivity contribution < 1.29 is 23.7 Å². The maximum Gasteiger partial charge on any atom is 0.303 e. The second-order valence-corrected chi connectivity index (χ2v) is 9.75. The Labute approximate surface area is 205 Å². The van der Waals surface area contributed by atoms with E-state index in [1.54, 1.807) is 0 Å². The van der Waals surface area contributed by atoms with Gasteiger partial charge in [0.1, 0.15) is 18.3 Å². The molecule has 1 aliphatic heterocycles. The molecule has 1 saturated heterocycles. The van der Waals surface area contributed by atoms with Crippen molar-refractivity contribution in [2.45, 2.75) is 55.2 Å². The van der Waals surface area contributed by atoms with Crippen LogP contribution in [0.25, 0.3) is 0 Å². The van der Waals surface area contributed by atoms with Gasteiger partial charge in [0.15, 0.2) is 11.2 Å². The minimum Gasteiger partial charge on any atom is -0.448 e. The van der Waals surface area contributed by atoms with E-state index in [4.69, 9.17) is 18.9 Å². The Hall–Kier alpha value is -2.64. The van der Waals surface area contributed by atoms with Crippen molar-refractivity contribution in [2.75, 3.05) is 6.61 Å². The summed E-state index contributed by atoms with van der Waals surface area (Å²) in [7, 11) is 0. The summed E-state index contributed by atoms with van der Waals surface area (Å²) in [5, 5.41) is 0. The molecule has 0 spiro atoms. The molecule has 1 aliphatic rings. The van der Waals surface area contributed by atoms with Gasteiger partial charge in [0.2, 0.25) is 0 Å². The summed E-state index contributed by atoms with van der Waals surface area (Å²) in [5.41, 5.74) is 1.53. The van der Waals surface area contributed by atoms with Gasteiger partial charge in [-0.3, -0.25) is 4.79 Å². The van der Waals surface area contributed by atoms with Crippen LogP contribution in [0.4, 0.5) is 0 Å². The highest BCUT2D eigenvalue weighted by molar-refractivity contribution is 7.99. The predicted molar refractivity (Wildman–Crippen MR) is 132 cm³/mol. The molecule has 0 radical (unpaired) electrons. The molecule has 3 aromatic carbocycles. The molecule has 0 aliphatic carbocycles. The molecule has 5 nitrogen and oxygen atoms in total. The number of hydrogen-bond acceptors (Lipinski definition) is 6. The summed E-state index contributed by atoms with van der Waals surface area (Å²) < 4.78 is 24.6. The molecule has 6 heteroatoms. The molecule has 0 N–H and O–H groups in total. The van der Waals surface area contributed by atoms with Crippen molar-refractivity contribution in [1.82, 2.24) is 0 Å². The van der Waals surface area contributed by atoms with E-state index < -0.39 is 23.4 Å². The fourth-order valence-electron chi connectivity index (χ4n) is 4.01. The van der Waals surface area contributed by atoms with Gasteiger partial charge in [-0.15, -0.1) is 0 Å². The SMILES string of the molecule is CC(=O)OC(Sc1ccccc1)[C@@H]1OC(C)(C)O[C@@H]1COC(c1ccccc1)c1ccccc1. The number of benzene rings is 3. The molecule has 4 rings (SSSR count). The van der Waals surface area contributed by atoms with E-state index >= 15 is 0 Å². The highest BCUT2D eigenvalue weighted by atomic mass is 32.2. The van der Waals surface area contributed by atoms with Gasteiger partial charge in [0.25, 0.3) is 0 Å². The van der Waals surface area contributed by atoms with Gasteiger partial charge in [-0.25, -0.2) is 0 Å². The smallest absolute Gasteiger partial charge is 0.303 e. The summed E-state index contributed by atoms with van der Waals surface area (Å²) in [6, 6.07) is 30.0. The Morgan fingerprint density at radius 1 is 0.882 bits per heavy atom. The molecular weight excluding hydrogens is 448 g/mol. The van der Waals surface area contributed by atoms with Crippen molar-refractivity contribution >= 4 is 17.7 Å². The third-order valence-corrected chi connectivity index (χ3v) is 6.54. The lowest BCUT2D eigenvalue weighted by Gasteiger charge is -2.27. The van der Waals surface area contributed by atoms with Crippen LogP contribution in [0, 0.1) is 0 Å². The van der Waals surface area contributed by atoms with Crippen molar-refractivity contribution in [1.29, 1.82) is 0 Å². The Morgan fingerprint density at radius 2 is 1.41 bits per heavy atom. The van der Waals surface area contributed by atoms with E-state index in [0.717, 1.165) is 16.0 Å². The van der Waals surface area contributed by atoms with Crippen LogP contribution in [0.1, 0.15) is 38.0 Å². The molecule has 34 heavy (non-hydrogen) atoms. The summed E-state index contributed by atoms with van der Waals surface area (Å²) >= 11 is 1.44. The van der Waals surface area contributed by atoms with Crippen LogP contribution >= 0.6 is 11.8 Å². The molecule has 0 saturated carbocycles. The van der Waals surface area contributed by atoms with Crippen LogP contribution in [0.15, 0.2) is 95.9 Å². The summed E-state index contributed by atoms with van der Waals surface area (Å²) in [4.78, 5) is 12.9. The fraction of sp³-hybridized carbons (Fsp3) is 0.321. The lowest BCUT2D eigenvalue weighted by atomic mass is 10.0. The maximum atomic E-state index is 11.9. The lowest BCUT2D eigenvalue weighted by molar-refractivity contribution is -0.163. The molecule has 0 amide bonds. The van der Waals surface area contributed by atoms with Gasteiger partial charge in [-0.2, -0.15) is 0 Å². The van der Waals surface area contributed by atoms with Crippen LogP contribution in [-0.4, -0.2) is 36.0 Å². The van der Waals surface area contributed by atoms with Crippen LogP contribution < -0.4 is 0 Å². The number of rotatable bonds is 9. The maximum absolute atomic E-state index is 11.9. The predicted octanol–water partition coefficient (Wildman–Crippen LogP) is 5.99. The van der Waals surface area contributed by atoms with Gasteiger partial charge in [0, 0.05) is 11.8 Å². The van der Waals surface area contributed by atoms with Crippen molar-refractivity contribution in [3.8, 4) is 0 Å². The molecule has 3 atom stereocenters. The highest BCUT2D eigenvalue weighted by Gasteiger charge is 2.47. The average molecular weight is 479 g/mol. The number of esters is 1. The van der Waals surface area contributed by atoms with Gasteiger partial charge in [-0.1, -0.05) is 90.6 Å². The minimum atomic E-state index is -0.830. The van der Waals surface area contributed by atoms with Crippen molar-refractivity contribution in [3.05, 3.63) is 102 Å². The first-order valence-corrected chi connectivity index (χ1v) is 12.3. The Kier molecular flexibility index (Phi) is 8.06. The van der Waals surface area contributed by atoms with E-state index in [-0.39, 0.29) is 18.7 Å². The Balaban J connectivity index is 1.56. The molecule has 1 heterocycles. The van der Waals surface area contributed by atoms with E-state index in [0.29, 0.717) is 0 Å². The summed E-state index contributed by atoms with van der Waals surface area (Å²) in [6.07, 6.45) is -1.19. The van der Waals surface area contributed by atoms with Crippen LogP contribution in [0.3, 0.4) is 0 Å². The zero-order valence-corrected chi connectivity index (χ0v) is 20.4. The first-order chi connectivity index (χ1) is 16.4. The van der Waals surface area contributed by atoms with Gasteiger partial charge >= 0.3 is 5.97 Å². The second-order valence-electron chi connectivity index (χ2n) is 8.58. The quantitative estimate of drug-likeness (QED) is 0.214. The van der Waals surface area contributed by atoms with E-state index in [9.17, 15) is 4.79 Å². The molecule has 1 fully saturated rings. The molecule has 1 unspecified atom stereocenters. The fourth-order valence-corrected chi connectivity index (χ4v) is 5.14. The summed E-state index contributed by atoms with van der Waals surface area (Å²) in [6.45, 7) is 5.41. The van der Waals surface area contributed by atoms with Crippen LogP contribution in [-0.2, 0) is 23.7 Å². The zero-order chi connectivity index (χ0) is 24.0. The average Bonchev–Trinajstić information content (AvgIpc) is 3.15. The first-order valence-electron chi connectivity index (χ1n) is 11.4. The number of carbonyl (C=O) groups is 1. The Bertz CT molecular complexity index is 1000. The zero-order valence-electron chi connectivity index (χ0n) is 19.6. The summed E-state index contributed by atoms with van der Waals surface area (Å²) in [5.74, 6) is -1.20. The largest absolute Gasteiger partial charge is 0.448 e. The number of hydrogen-bond donors (Lipinski definition) is 0. The van der Waals surface area contributed by atoms with E-state index in [1.165, 1.54) is 18.7 Å². The third-order valence-electron chi connectivity index (χ3n) is 5.40. The van der Waals surface area contributed by atoms with Gasteiger partial charge in [0.05, 0.1) is 6.61 Å². The molecule has 3 aromatic rings. The Morgan fingerprint density at radius 3 is 1.94 bits per heavy atom.